The van der Waals surface area contributed by atoms with Crippen molar-refractivity contribution in [2.24, 2.45) is 0 Å². The topological polar surface area (TPSA) is 79.8 Å². The summed E-state index contributed by atoms with van der Waals surface area (Å²) in [5.41, 5.74) is 4.71. The lowest BCUT2D eigenvalue weighted by Crippen LogP contribution is -2.30. The van der Waals surface area contributed by atoms with E-state index in [9.17, 15) is 4.79 Å². The highest BCUT2D eigenvalue weighted by atomic mass is 16.1. The van der Waals surface area contributed by atoms with Gasteiger partial charge in [-0.25, -0.2) is 9.97 Å². The Bertz CT molecular complexity index is 1140. The first kappa shape index (κ1) is 20.2. The van der Waals surface area contributed by atoms with E-state index in [4.69, 9.17) is 0 Å². The maximum absolute atomic E-state index is 12.3. The smallest absolute Gasteiger partial charge is 0.248 e. The molecule has 0 spiro atoms. The van der Waals surface area contributed by atoms with Crippen LogP contribution < -0.4 is 10.6 Å². The highest BCUT2D eigenvalue weighted by Gasteiger charge is 2.18. The Labute approximate surface area is 181 Å². The lowest BCUT2D eigenvalue weighted by atomic mass is 9.98. The molecule has 4 rings (SSSR count). The molecule has 2 heterocycles. The molecule has 1 unspecified atom stereocenters. The summed E-state index contributed by atoms with van der Waals surface area (Å²) in [6.07, 6.45) is 13.2. The van der Waals surface area contributed by atoms with Crippen molar-refractivity contribution >= 4 is 17.9 Å². The van der Waals surface area contributed by atoms with E-state index in [0.29, 0.717) is 12.4 Å². The van der Waals surface area contributed by atoms with Gasteiger partial charge in [0.05, 0.1) is 11.7 Å². The van der Waals surface area contributed by atoms with Gasteiger partial charge in [-0.3, -0.25) is 9.78 Å². The normalized spacial score (nSPS) is 15.8. The van der Waals surface area contributed by atoms with E-state index in [1.54, 1.807) is 30.7 Å². The minimum atomic E-state index is -0.156. The Morgan fingerprint density at radius 1 is 1.06 bits per heavy atom. The molecule has 31 heavy (non-hydrogen) atoms. The number of nitrogens with zero attached hydrogens (tertiary/aromatic N) is 3. The average Bonchev–Trinajstić information content (AvgIpc) is 2.81. The zero-order chi connectivity index (χ0) is 21.5. The van der Waals surface area contributed by atoms with E-state index < -0.39 is 0 Å². The molecule has 0 saturated carbocycles. The van der Waals surface area contributed by atoms with Crippen molar-refractivity contribution in [2.75, 3.05) is 5.32 Å². The lowest BCUT2D eigenvalue weighted by Gasteiger charge is -2.24. The number of carbonyl (C=O) groups excluding carboxylic acids is 1. The molecule has 6 heteroatoms. The Hall–Kier alpha value is -4.06. The molecule has 6 nitrogen and oxygen atoms in total. The fraction of sp³-hybridized carbons (Fsp3) is 0.120. The lowest BCUT2D eigenvalue weighted by molar-refractivity contribution is -0.115. The van der Waals surface area contributed by atoms with Gasteiger partial charge in [0.25, 0.3) is 0 Å². The van der Waals surface area contributed by atoms with Crippen LogP contribution in [0.3, 0.4) is 0 Å². The number of rotatable bonds is 6. The maximum Gasteiger partial charge on any atom is 0.248 e. The van der Waals surface area contributed by atoms with Gasteiger partial charge in [0.2, 0.25) is 11.9 Å². The number of hydrogen-bond acceptors (Lipinski definition) is 5. The number of nitrogens with one attached hydrogen (secondary N) is 2. The van der Waals surface area contributed by atoms with Gasteiger partial charge in [-0.05, 0) is 42.8 Å². The van der Waals surface area contributed by atoms with Crippen LogP contribution in [0, 0.1) is 0 Å². The van der Waals surface area contributed by atoms with Crippen molar-refractivity contribution in [2.45, 2.75) is 19.4 Å². The second-order valence-corrected chi connectivity index (χ2v) is 7.24. The Morgan fingerprint density at radius 2 is 1.94 bits per heavy atom. The number of anilines is 1. The minimum Gasteiger partial charge on any atom is -0.347 e. The Balaban J connectivity index is 1.40. The monoisotopic (exact) mass is 409 g/mol. The summed E-state index contributed by atoms with van der Waals surface area (Å²) in [6.45, 7) is 2.05. The van der Waals surface area contributed by atoms with Gasteiger partial charge in [0.15, 0.2) is 0 Å². The minimum absolute atomic E-state index is 0.0115. The van der Waals surface area contributed by atoms with Crippen LogP contribution >= 0.6 is 0 Å². The van der Waals surface area contributed by atoms with Crippen molar-refractivity contribution in [1.29, 1.82) is 0 Å². The van der Waals surface area contributed by atoms with E-state index >= 15 is 0 Å². The zero-order valence-electron chi connectivity index (χ0n) is 17.2. The highest BCUT2D eigenvalue weighted by molar-refractivity contribution is 5.92. The Morgan fingerprint density at radius 3 is 2.74 bits per heavy atom. The molecule has 0 aliphatic heterocycles. The molecule has 1 aliphatic carbocycles. The van der Waals surface area contributed by atoms with Crippen molar-refractivity contribution in [3.63, 3.8) is 0 Å². The molecule has 1 aliphatic rings. The van der Waals surface area contributed by atoms with E-state index in [0.717, 1.165) is 28.1 Å². The fourth-order valence-electron chi connectivity index (χ4n) is 3.25. The summed E-state index contributed by atoms with van der Waals surface area (Å²) in [4.78, 5) is 25.4. The quantitative estimate of drug-likeness (QED) is 0.591. The summed E-state index contributed by atoms with van der Waals surface area (Å²) >= 11 is 0. The average molecular weight is 409 g/mol. The van der Waals surface area contributed by atoms with Gasteiger partial charge in [-0.2, -0.15) is 0 Å². The maximum atomic E-state index is 12.3. The van der Waals surface area contributed by atoms with Crippen molar-refractivity contribution in [1.82, 2.24) is 20.3 Å². The molecule has 2 aromatic heterocycles. The third-order valence-corrected chi connectivity index (χ3v) is 4.95. The van der Waals surface area contributed by atoms with Gasteiger partial charge >= 0.3 is 0 Å². The van der Waals surface area contributed by atoms with Crippen LogP contribution in [-0.2, 0) is 4.79 Å². The molecule has 1 atom stereocenters. The van der Waals surface area contributed by atoms with Gasteiger partial charge in [0, 0.05) is 42.3 Å². The van der Waals surface area contributed by atoms with Crippen LogP contribution in [0.1, 0.15) is 18.9 Å². The molecule has 0 bridgehead atoms. The van der Waals surface area contributed by atoms with Crippen LogP contribution in [0.2, 0.25) is 0 Å². The Kier molecular flexibility index (Phi) is 6.28. The standard InChI is InChI=1S/C25H23N5O/c1-18-9-11-21(28-24(31)12-10-19-6-3-2-4-7-19)16-23(18)30-25-27-15-13-22(29-25)20-8-5-14-26-17-20/h2-15,17,23H,16H2,1H3,(H,28,31)(H,27,29,30)/b12-10+. The second kappa shape index (κ2) is 9.63. The molecule has 154 valence electrons. The largest absolute Gasteiger partial charge is 0.347 e. The first-order chi connectivity index (χ1) is 15.2. The molecular formula is C25H23N5O. The number of hydrogen-bond donors (Lipinski definition) is 2. The summed E-state index contributed by atoms with van der Waals surface area (Å²) < 4.78 is 0. The third kappa shape index (κ3) is 5.51. The molecule has 3 aromatic rings. The van der Waals surface area contributed by atoms with Crippen molar-refractivity contribution < 1.29 is 4.79 Å². The van der Waals surface area contributed by atoms with E-state index in [1.807, 2.05) is 67.6 Å². The molecular weight excluding hydrogens is 386 g/mol. The van der Waals surface area contributed by atoms with Gasteiger partial charge < -0.3 is 10.6 Å². The molecule has 1 amide bonds. The van der Waals surface area contributed by atoms with Crippen LogP contribution in [0.25, 0.3) is 17.3 Å². The molecule has 0 fully saturated rings. The molecule has 2 N–H and O–H groups in total. The highest BCUT2D eigenvalue weighted by Crippen LogP contribution is 2.22. The first-order valence-corrected chi connectivity index (χ1v) is 10.1. The number of aromatic nitrogens is 3. The number of allylic oxidation sites excluding steroid dienone is 2. The summed E-state index contributed by atoms with van der Waals surface area (Å²) in [5, 5.41) is 6.35. The summed E-state index contributed by atoms with van der Waals surface area (Å²) in [5.74, 6) is 0.382. The number of benzene rings is 1. The van der Waals surface area contributed by atoms with Gasteiger partial charge in [-0.1, -0.05) is 42.0 Å². The number of carbonyl (C=O) groups is 1. The SMILES string of the molecule is CC1=CC=C(NC(=O)/C=C/c2ccccc2)CC1Nc1nccc(-c2cccnc2)n1. The van der Waals surface area contributed by atoms with Gasteiger partial charge in [-0.15, -0.1) is 0 Å². The molecule has 0 radical (unpaired) electrons. The summed E-state index contributed by atoms with van der Waals surface area (Å²) in [7, 11) is 0. The summed E-state index contributed by atoms with van der Waals surface area (Å²) in [6, 6.07) is 15.4. The van der Waals surface area contributed by atoms with Gasteiger partial charge in [0.1, 0.15) is 0 Å². The van der Waals surface area contributed by atoms with Crippen molar-refractivity contribution in [3.05, 3.63) is 102 Å². The fourth-order valence-corrected chi connectivity index (χ4v) is 3.25. The molecule has 0 saturated heterocycles. The van der Waals surface area contributed by atoms with E-state index in [2.05, 4.69) is 25.6 Å². The third-order valence-electron chi connectivity index (χ3n) is 4.95. The molecule has 1 aromatic carbocycles. The van der Waals surface area contributed by atoms with Crippen LogP contribution in [0.4, 0.5) is 5.95 Å². The predicted molar refractivity (Wildman–Crippen MR) is 123 cm³/mol. The number of amides is 1. The van der Waals surface area contributed by atoms with E-state index in [-0.39, 0.29) is 11.9 Å². The predicted octanol–water partition coefficient (Wildman–Crippen LogP) is 4.38. The van der Waals surface area contributed by atoms with E-state index in [1.165, 1.54) is 0 Å². The first-order valence-electron chi connectivity index (χ1n) is 10.1. The van der Waals surface area contributed by atoms with Crippen LogP contribution in [0.5, 0.6) is 0 Å². The zero-order valence-corrected chi connectivity index (χ0v) is 17.2. The second-order valence-electron chi connectivity index (χ2n) is 7.24. The van der Waals surface area contributed by atoms with Crippen LogP contribution in [0.15, 0.2) is 96.6 Å². The van der Waals surface area contributed by atoms with Crippen molar-refractivity contribution in [3.8, 4) is 11.3 Å². The van der Waals surface area contributed by atoms with Crippen LogP contribution in [-0.4, -0.2) is 26.9 Å². The number of pyridine rings is 1.